The van der Waals surface area contributed by atoms with Crippen LogP contribution in [0.15, 0.2) is 16.8 Å². The van der Waals surface area contributed by atoms with Crippen LogP contribution in [0.5, 0.6) is 0 Å². The molecule has 1 aromatic rings. The van der Waals surface area contributed by atoms with Crippen LogP contribution < -0.4 is 5.32 Å². The molecule has 1 heterocycles. The van der Waals surface area contributed by atoms with Gasteiger partial charge in [0.1, 0.15) is 0 Å². The Morgan fingerprint density at radius 1 is 1.42 bits per heavy atom. The molecule has 0 aromatic carbocycles. The largest absolute Gasteiger partial charge is 0.453 e. The Hall–Kier alpha value is -1.89. The predicted octanol–water partition coefficient (Wildman–Crippen LogP) is 1.49. The highest BCUT2D eigenvalue weighted by atomic mass is 32.1. The Balaban J connectivity index is 2.31. The van der Waals surface area contributed by atoms with E-state index in [1.807, 2.05) is 22.1 Å². The van der Waals surface area contributed by atoms with Crippen LogP contribution in [0.4, 0.5) is 4.79 Å². The van der Waals surface area contributed by atoms with Gasteiger partial charge in [0.05, 0.1) is 7.11 Å². The molecular weight excluding hydrogens is 270 g/mol. The maximum atomic E-state index is 11.5. The molecule has 1 N–H and O–H groups in total. The van der Waals surface area contributed by atoms with Gasteiger partial charge in [0, 0.05) is 6.42 Å². The number of alkyl carbamates (subject to hydrolysis) is 1. The summed E-state index contributed by atoms with van der Waals surface area (Å²) in [6.07, 6.45) is -1.17. The number of thiophene rings is 1. The number of carbonyl (C=O) groups excluding carboxylic acids is 3. The number of esters is 1. The van der Waals surface area contributed by atoms with Gasteiger partial charge in [-0.2, -0.15) is 11.3 Å². The lowest BCUT2D eigenvalue weighted by Gasteiger charge is -2.12. The molecule has 0 radical (unpaired) electrons. The molecule has 0 aliphatic carbocycles. The Morgan fingerprint density at radius 3 is 2.74 bits per heavy atom. The second kappa shape index (κ2) is 7.52. The molecule has 1 aromatic heterocycles. The normalized spacial score (nSPS) is 11.5. The van der Waals surface area contributed by atoms with Crippen molar-refractivity contribution in [3.63, 3.8) is 0 Å². The van der Waals surface area contributed by atoms with Crippen molar-refractivity contribution in [2.24, 2.45) is 0 Å². The number of rotatable bonds is 5. The number of aryl methyl sites for hydroxylation is 1. The van der Waals surface area contributed by atoms with Gasteiger partial charge in [-0.3, -0.25) is 14.9 Å². The SMILES string of the molecule is COC(=O)NC(=O)[C@@H](C)OC(=O)CCc1ccsc1. The highest BCUT2D eigenvalue weighted by Gasteiger charge is 2.19. The van der Waals surface area contributed by atoms with Gasteiger partial charge in [-0.1, -0.05) is 0 Å². The molecule has 0 saturated carbocycles. The average molecular weight is 285 g/mol. The average Bonchev–Trinajstić information content (AvgIpc) is 2.89. The van der Waals surface area contributed by atoms with E-state index in [1.54, 1.807) is 11.3 Å². The molecule has 19 heavy (non-hydrogen) atoms. The summed E-state index contributed by atoms with van der Waals surface area (Å²) >= 11 is 1.55. The van der Waals surface area contributed by atoms with Crippen molar-refractivity contribution < 1.29 is 23.9 Å². The minimum absolute atomic E-state index is 0.187. The highest BCUT2D eigenvalue weighted by Crippen LogP contribution is 2.09. The summed E-state index contributed by atoms with van der Waals surface area (Å²) in [6, 6.07) is 1.92. The molecule has 0 saturated heterocycles. The summed E-state index contributed by atoms with van der Waals surface area (Å²) in [5.41, 5.74) is 1.05. The van der Waals surface area contributed by atoms with Crippen molar-refractivity contribution in [2.75, 3.05) is 7.11 Å². The number of methoxy groups -OCH3 is 1. The number of amides is 2. The molecule has 7 heteroatoms. The zero-order valence-electron chi connectivity index (χ0n) is 10.7. The Labute approximate surface area is 114 Å². The summed E-state index contributed by atoms with van der Waals surface area (Å²) < 4.78 is 9.16. The standard InChI is InChI=1S/C12H15NO5S/c1-8(11(15)13-12(16)17-2)18-10(14)4-3-9-5-6-19-7-9/h5-8H,3-4H2,1-2H3,(H,13,15,16)/t8-/m1/s1. The first-order valence-electron chi connectivity index (χ1n) is 5.62. The third-order valence-electron chi connectivity index (χ3n) is 2.29. The van der Waals surface area contributed by atoms with Gasteiger partial charge in [-0.25, -0.2) is 4.79 Å². The maximum Gasteiger partial charge on any atom is 0.413 e. The zero-order chi connectivity index (χ0) is 14.3. The van der Waals surface area contributed by atoms with Gasteiger partial charge >= 0.3 is 12.1 Å². The summed E-state index contributed by atoms with van der Waals surface area (Å²) in [5.74, 6) is -1.20. The molecule has 1 rings (SSSR count). The molecule has 0 unspecified atom stereocenters. The first-order chi connectivity index (χ1) is 9.02. The fourth-order valence-corrected chi connectivity index (χ4v) is 1.95. The zero-order valence-corrected chi connectivity index (χ0v) is 11.5. The Morgan fingerprint density at radius 2 is 2.16 bits per heavy atom. The number of carbonyl (C=O) groups is 3. The smallest absolute Gasteiger partial charge is 0.413 e. The Bertz CT molecular complexity index is 443. The van der Waals surface area contributed by atoms with Gasteiger partial charge in [0.15, 0.2) is 6.10 Å². The van der Waals surface area contributed by atoms with E-state index in [2.05, 4.69) is 4.74 Å². The molecule has 2 amide bonds. The third kappa shape index (κ3) is 5.52. The molecule has 0 aliphatic heterocycles. The lowest BCUT2D eigenvalue weighted by Crippen LogP contribution is -2.39. The second-order valence-electron chi connectivity index (χ2n) is 3.74. The van der Waals surface area contributed by atoms with E-state index >= 15 is 0 Å². The third-order valence-corrected chi connectivity index (χ3v) is 3.02. The van der Waals surface area contributed by atoms with Crippen molar-refractivity contribution in [2.45, 2.75) is 25.9 Å². The minimum atomic E-state index is -1.03. The van der Waals surface area contributed by atoms with E-state index < -0.39 is 24.1 Å². The van der Waals surface area contributed by atoms with Crippen LogP contribution in [0.2, 0.25) is 0 Å². The molecule has 0 aliphatic rings. The van der Waals surface area contributed by atoms with Crippen LogP contribution in [0.3, 0.4) is 0 Å². The van der Waals surface area contributed by atoms with E-state index in [0.717, 1.165) is 12.7 Å². The topological polar surface area (TPSA) is 81.7 Å². The van der Waals surface area contributed by atoms with E-state index in [0.29, 0.717) is 6.42 Å². The van der Waals surface area contributed by atoms with E-state index in [1.165, 1.54) is 6.92 Å². The van der Waals surface area contributed by atoms with Crippen LogP contribution in [-0.2, 0) is 25.5 Å². The molecule has 0 spiro atoms. The second-order valence-corrected chi connectivity index (χ2v) is 4.52. The molecule has 104 valence electrons. The lowest BCUT2D eigenvalue weighted by atomic mass is 10.2. The fourth-order valence-electron chi connectivity index (χ4n) is 1.24. The number of hydrogen-bond acceptors (Lipinski definition) is 6. The van der Waals surface area contributed by atoms with Crippen LogP contribution in [0, 0.1) is 0 Å². The lowest BCUT2D eigenvalue weighted by molar-refractivity contribution is -0.154. The molecule has 6 nitrogen and oxygen atoms in total. The number of hydrogen-bond donors (Lipinski definition) is 1. The summed E-state index contributed by atoms with van der Waals surface area (Å²) in [6.45, 7) is 1.39. The van der Waals surface area contributed by atoms with Gasteiger partial charge in [-0.05, 0) is 35.7 Å². The fraction of sp³-hybridized carbons (Fsp3) is 0.417. The van der Waals surface area contributed by atoms with Crippen molar-refractivity contribution in [1.82, 2.24) is 5.32 Å². The predicted molar refractivity (Wildman–Crippen MR) is 68.7 cm³/mol. The molecule has 0 fully saturated rings. The van der Waals surface area contributed by atoms with E-state index in [4.69, 9.17) is 4.74 Å². The number of ether oxygens (including phenoxy) is 2. The van der Waals surface area contributed by atoms with E-state index in [-0.39, 0.29) is 6.42 Å². The monoisotopic (exact) mass is 285 g/mol. The summed E-state index contributed by atoms with van der Waals surface area (Å²) in [7, 11) is 1.14. The van der Waals surface area contributed by atoms with Crippen molar-refractivity contribution in [3.8, 4) is 0 Å². The van der Waals surface area contributed by atoms with Gasteiger partial charge in [0.2, 0.25) is 0 Å². The van der Waals surface area contributed by atoms with Gasteiger partial charge in [0.25, 0.3) is 5.91 Å². The van der Waals surface area contributed by atoms with Crippen molar-refractivity contribution in [3.05, 3.63) is 22.4 Å². The van der Waals surface area contributed by atoms with Gasteiger partial charge in [-0.15, -0.1) is 0 Å². The minimum Gasteiger partial charge on any atom is -0.453 e. The molecule has 0 bridgehead atoms. The highest BCUT2D eigenvalue weighted by molar-refractivity contribution is 7.07. The molecular formula is C12H15NO5S. The van der Waals surface area contributed by atoms with Crippen LogP contribution in [0.1, 0.15) is 18.9 Å². The first-order valence-corrected chi connectivity index (χ1v) is 6.56. The van der Waals surface area contributed by atoms with Gasteiger partial charge < -0.3 is 9.47 Å². The first kappa shape index (κ1) is 15.2. The van der Waals surface area contributed by atoms with E-state index in [9.17, 15) is 14.4 Å². The summed E-state index contributed by atoms with van der Waals surface area (Å²) in [4.78, 5) is 33.7. The molecule has 1 atom stereocenters. The Kier molecular flexibility index (Phi) is 6.01. The summed E-state index contributed by atoms with van der Waals surface area (Å²) in [5, 5.41) is 5.80. The quantitative estimate of drug-likeness (QED) is 0.829. The van der Waals surface area contributed by atoms with Crippen molar-refractivity contribution in [1.29, 1.82) is 0 Å². The van der Waals surface area contributed by atoms with Crippen molar-refractivity contribution >= 4 is 29.3 Å². The number of nitrogens with one attached hydrogen (secondary N) is 1. The maximum absolute atomic E-state index is 11.5. The van der Waals surface area contributed by atoms with Crippen LogP contribution >= 0.6 is 11.3 Å². The van der Waals surface area contributed by atoms with Crippen LogP contribution in [0.25, 0.3) is 0 Å². The van der Waals surface area contributed by atoms with Crippen LogP contribution in [-0.4, -0.2) is 31.2 Å². The number of imide groups is 1.